The molecule has 2 aliphatic heterocycles. The van der Waals surface area contributed by atoms with Gasteiger partial charge >= 0.3 is 0 Å². The Morgan fingerprint density at radius 2 is 1.69 bits per heavy atom. The van der Waals surface area contributed by atoms with Gasteiger partial charge < -0.3 is 28.7 Å². The van der Waals surface area contributed by atoms with Crippen LogP contribution in [0, 0.1) is 0 Å². The minimum absolute atomic E-state index is 0.000971. The van der Waals surface area contributed by atoms with Gasteiger partial charge in [0.15, 0.2) is 42.3 Å². The third-order valence-corrected chi connectivity index (χ3v) is 7.00. The van der Waals surface area contributed by atoms with Gasteiger partial charge in [0, 0.05) is 38.7 Å². The highest BCUT2D eigenvalue weighted by Crippen LogP contribution is 2.40. The zero-order valence-corrected chi connectivity index (χ0v) is 20.8. The molecule has 2 aliphatic rings. The Kier molecular flexibility index (Phi) is 6.38. The lowest BCUT2D eigenvalue weighted by molar-refractivity contribution is -0.686. The molecule has 0 aliphatic carbocycles. The van der Waals surface area contributed by atoms with Gasteiger partial charge in [0.2, 0.25) is 5.69 Å². The highest BCUT2D eigenvalue weighted by molar-refractivity contribution is 5.92. The van der Waals surface area contributed by atoms with E-state index in [1.807, 2.05) is 23.1 Å². The predicted octanol–water partition coefficient (Wildman–Crippen LogP) is 2.53. The van der Waals surface area contributed by atoms with Crippen LogP contribution in [0.3, 0.4) is 0 Å². The van der Waals surface area contributed by atoms with Gasteiger partial charge in [-0.1, -0.05) is 0 Å². The third-order valence-electron chi connectivity index (χ3n) is 7.00. The second-order valence-electron chi connectivity index (χ2n) is 9.04. The van der Waals surface area contributed by atoms with Crippen LogP contribution in [0.5, 0.6) is 23.0 Å². The van der Waals surface area contributed by atoms with E-state index in [1.165, 1.54) is 5.56 Å². The van der Waals surface area contributed by atoms with E-state index in [0.29, 0.717) is 17.2 Å². The van der Waals surface area contributed by atoms with Crippen LogP contribution < -0.4 is 23.5 Å². The van der Waals surface area contributed by atoms with Crippen LogP contribution in [0.4, 0.5) is 0 Å². The van der Waals surface area contributed by atoms with Gasteiger partial charge in [-0.2, -0.15) is 4.57 Å². The first-order valence-corrected chi connectivity index (χ1v) is 11.9. The first-order chi connectivity index (χ1) is 17.0. The van der Waals surface area contributed by atoms with Gasteiger partial charge in [-0.15, -0.1) is 0 Å². The smallest absolute Gasteiger partial charge is 0.260 e. The molecule has 3 heterocycles. The van der Waals surface area contributed by atoms with Crippen molar-refractivity contribution in [2.24, 2.45) is 0 Å². The fraction of sp³-hybridized carbons (Fsp3) is 0.407. The first kappa shape index (κ1) is 23.2. The number of amides is 1. The lowest BCUT2D eigenvalue weighted by Crippen LogP contribution is -2.48. The molecule has 8 heteroatoms. The Labute approximate surface area is 205 Å². The van der Waals surface area contributed by atoms with Gasteiger partial charge in [-0.05, 0) is 42.3 Å². The van der Waals surface area contributed by atoms with Crippen molar-refractivity contribution in [1.29, 1.82) is 0 Å². The highest BCUT2D eigenvalue weighted by atomic mass is 16.5. The van der Waals surface area contributed by atoms with E-state index >= 15 is 0 Å². The van der Waals surface area contributed by atoms with E-state index in [4.69, 9.17) is 18.9 Å². The Morgan fingerprint density at radius 1 is 0.943 bits per heavy atom. The van der Waals surface area contributed by atoms with Crippen molar-refractivity contribution >= 4 is 16.7 Å². The van der Waals surface area contributed by atoms with E-state index in [2.05, 4.69) is 34.8 Å². The average molecular weight is 479 g/mol. The number of likely N-dealkylation sites (N-methyl/N-ethyl adjacent to an activating group) is 1. The van der Waals surface area contributed by atoms with E-state index in [1.54, 1.807) is 21.3 Å². The molecule has 1 aromatic heterocycles. The summed E-state index contributed by atoms with van der Waals surface area (Å²) in [6, 6.07) is 10.2. The van der Waals surface area contributed by atoms with Crippen molar-refractivity contribution in [3.63, 3.8) is 0 Å². The summed E-state index contributed by atoms with van der Waals surface area (Å²) >= 11 is 0. The van der Waals surface area contributed by atoms with Gasteiger partial charge in [-0.3, -0.25) is 4.79 Å². The maximum Gasteiger partial charge on any atom is 0.260 e. The number of ether oxygens (including phenoxy) is 4. The predicted molar refractivity (Wildman–Crippen MR) is 133 cm³/mol. The topological polar surface area (TPSA) is 64.4 Å². The molecular weight excluding hydrogens is 446 g/mol. The van der Waals surface area contributed by atoms with Crippen molar-refractivity contribution in [1.82, 2.24) is 9.80 Å². The van der Waals surface area contributed by atoms with Gasteiger partial charge in [0.1, 0.15) is 0 Å². The Morgan fingerprint density at radius 3 is 2.40 bits per heavy atom. The number of aromatic nitrogens is 1. The van der Waals surface area contributed by atoms with Crippen LogP contribution in [-0.4, -0.2) is 76.9 Å². The fourth-order valence-electron chi connectivity index (χ4n) is 4.94. The molecule has 0 bridgehead atoms. The van der Waals surface area contributed by atoms with E-state index < -0.39 is 0 Å². The summed E-state index contributed by atoms with van der Waals surface area (Å²) < 4.78 is 25.0. The molecule has 0 saturated carbocycles. The molecule has 1 saturated heterocycles. The number of pyridine rings is 1. The molecule has 0 spiro atoms. The van der Waals surface area contributed by atoms with Gasteiger partial charge in [-0.25, -0.2) is 0 Å². The number of aryl methyl sites for hydroxylation is 2. The summed E-state index contributed by atoms with van der Waals surface area (Å²) in [5.74, 6) is 2.68. The Balaban J connectivity index is 1.45. The number of rotatable bonds is 6. The van der Waals surface area contributed by atoms with Crippen molar-refractivity contribution < 1.29 is 28.3 Å². The summed E-state index contributed by atoms with van der Waals surface area (Å²) in [6.07, 6.45) is 3.00. The highest BCUT2D eigenvalue weighted by Gasteiger charge is 2.27. The molecule has 184 valence electrons. The lowest BCUT2D eigenvalue weighted by Gasteiger charge is -2.32. The van der Waals surface area contributed by atoms with Crippen molar-refractivity contribution in [2.45, 2.75) is 13.0 Å². The molecule has 1 amide bonds. The van der Waals surface area contributed by atoms with Gasteiger partial charge in [0.25, 0.3) is 5.91 Å². The molecule has 0 unspecified atom stereocenters. The number of methoxy groups -OCH3 is 3. The number of hydrogen-bond acceptors (Lipinski definition) is 6. The summed E-state index contributed by atoms with van der Waals surface area (Å²) in [6.45, 7) is 4.07. The van der Waals surface area contributed by atoms with Crippen molar-refractivity contribution in [2.75, 3.05) is 61.2 Å². The number of carbonyl (C=O) groups is 1. The monoisotopic (exact) mass is 478 g/mol. The van der Waals surface area contributed by atoms with Crippen LogP contribution in [-0.2, 0) is 17.8 Å². The molecule has 2 aromatic carbocycles. The standard InChI is InChI=1S/C27H32N3O5/c1-28-9-11-29(12-10-28)26(31)17-35-23-6-5-18-13-22-20-15-25(33-3)24(32-2)14-19(20)7-8-30(22)16-21(18)27(23)34-4/h5-6,13-16H,7-12,17H2,1-4H3/q+1. The SMILES string of the molecule is COc1cc2c(cc1OC)-c1cc3ccc(OCC(=O)N4CCN(C)CC4)c(OC)c3c[n+]1CC2. The number of piperazine rings is 1. The van der Waals surface area contributed by atoms with Crippen LogP contribution >= 0.6 is 0 Å². The minimum atomic E-state index is -0.00132. The number of fused-ring (bicyclic) bond motifs is 4. The zero-order valence-electron chi connectivity index (χ0n) is 20.8. The zero-order chi connectivity index (χ0) is 24.5. The second kappa shape index (κ2) is 9.62. The molecule has 0 atom stereocenters. The molecule has 35 heavy (non-hydrogen) atoms. The molecule has 8 nitrogen and oxygen atoms in total. The fourth-order valence-corrected chi connectivity index (χ4v) is 4.94. The molecule has 1 fully saturated rings. The summed E-state index contributed by atoms with van der Waals surface area (Å²) in [5.41, 5.74) is 3.48. The van der Waals surface area contributed by atoms with Crippen LogP contribution in [0.1, 0.15) is 5.56 Å². The average Bonchev–Trinajstić information content (AvgIpc) is 2.89. The molecule has 0 radical (unpaired) electrons. The maximum atomic E-state index is 12.7. The van der Waals surface area contributed by atoms with Gasteiger partial charge in [0.05, 0.1) is 32.3 Å². The number of benzene rings is 2. The largest absolute Gasteiger partial charge is 0.493 e. The first-order valence-electron chi connectivity index (χ1n) is 11.9. The summed E-state index contributed by atoms with van der Waals surface area (Å²) in [7, 11) is 7.03. The summed E-state index contributed by atoms with van der Waals surface area (Å²) in [4.78, 5) is 16.8. The second-order valence-corrected chi connectivity index (χ2v) is 9.04. The number of carbonyl (C=O) groups excluding carboxylic acids is 1. The quantitative estimate of drug-likeness (QED) is 0.508. The van der Waals surface area contributed by atoms with Crippen molar-refractivity contribution in [3.8, 4) is 34.3 Å². The third kappa shape index (κ3) is 4.34. The van der Waals surface area contributed by atoms with Crippen LogP contribution in [0.25, 0.3) is 22.0 Å². The van der Waals surface area contributed by atoms with Crippen molar-refractivity contribution in [3.05, 3.63) is 42.1 Å². The number of hydrogen-bond donors (Lipinski definition) is 0. The molecule has 5 rings (SSSR count). The van der Waals surface area contributed by atoms with E-state index in [9.17, 15) is 4.79 Å². The summed E-state index contributed by atoms with van der Waals surface area (Å²) in [5, 5.41) is 1.98. The maximum absolute atomic E-state index is 12.7. The lowest BCUT2D eigenvalue weighted by atomic mass is 9.95. The molecule has 0 N–H and O–H groups in total. The van der Waals surface area contributed by atoms with E-state index in [-0.39, 0.29) is 12.5 Å². The number of nitrogens with zero attached hydrogens (tertiary/aromatic N) is 3. The molecule has 3 aromatic rings. The van der Waals surface area contributed by atoms with Crippen LogP contribution in [0.15, 0.2) is 36.5 Å². The Bertz CT molecular complexity index is 1270. The van der Waals surface area contributed by atoms with E-state index in [0.717, 1.165) is 66.9 Å². The normalized spacial score (nSPS) is 15.4. The molecular formula is C27H32N3O5+. The minimum Gasteiger partial charge on any atom is -0.493 e. The van der Waals surface area contributed by atoms with Crippen LogP contribution in [0.2, 0.25) is 0 Å². The Hall–Kier alpha value is -3.52.